The number of piperidine rings is 1. The molecule has 0 aliphatic carbocycles. The van der Waals surface area contributed by atoms with Crippen molar-refractivity contribution in [2.24, 2.45) is 5.16 Å². The van der Waals surface area contributed by atoms with Crippen molar-refractivity contribution in [1.29, 1.82) is 0 Å². The Morgan fingerprint density at radius 3 is 2.59 bits per heavy atom. The number of benzene rings is 2. The van der Waals surface area contributed by atoms with Crippen molar-refractivity contribution in [3.05, 3.63) is 54.1 Å². The summed E-state index contributed by atoms with van der Waals surface area (Å²) in [5.74, 6) is 0.445. The molecule has 6 nitrogen and oxygen atoms in total. The molecule has 0 spiro atoms. The lowest BCUT2D eigenvalue weighted by molar-refractivity contribution is -0.120. The van der Waals surface area contributed by atoms with E-state index in [1.165, 1.54) is 31.2 Å². The van der Waals surface area contributed by atoms with E-state index < -0.39 is 0 Å². The summed E-state index contributed by atoms with van der Waals surface area (Å²) in [7, 11) is 1.59. The number of nitrogens with one attached hydrogen (secondary N) is 1. The highest BCUT2D eigenvalue weighted by atomic mass is 16.6. The highest BCUT2D eigenvalue weighted by molar-refractivity contribution is 5.92. The van der Waals surface area contributed by atoms with Crippen LogP contribution < -0.4 is 15.0 Å². The van der Waals surface area contributed by atoms with Gasteiger partial charge in [0.05, 0.1) is 13.3 Å². The fourth-order valence-electron chi connectivity index (χ4n) is 3.07. The summed E-state index contributed by atoms with van der Waals surface area (Å²) >= 11 is 0. The lowest BCUT2D eigenvalue weighted by Gasteiger charge is -2.28. The van der Waals surface area contributed by atoms with E-state index in [0.717, 1.165) is 24.3 Å². The third-order valence-corrected chi connectivity index (χ3v) is 4.47. The van der Waals surface area contributed by atoms with Crippen LogP contribution >= 0.6 is 0 Å². The Hall–Kier alpha value is -3.02. The van der Waals surface area contributed by atoms with Gasteiger partial charge in [0.25, 0.3) is 5.91 Å². The highest BCUT2D eigenvalue weighted by Crippen LogP contribution is 2.21. The Labute approximate surface area is 159 Å². The predicted molar refractivity (Wildman–Crippen MR) is 108 cm³/mol. The first kappa shape index (κ1) is 18.8. The van der Waals surface area contributed by atoms with E-state index in [1.54, 1.807) is 7.11 Å². The van der Waals surface area contributed by atoms with Crippen LogP contribution in [0.4, 0.5) is 11.4 Å². The quantitative estimate of drug-likeness (QED) is 0.599. The number of rotatable bonds is 7. The minimum Gasteiger partial charge on any atom is -0.496 e. The minimum atomic E-state index is -0.252. The first-order chi connectivity index (χ1) is 13.3. The summed E-state index contributed by atoms with van der Waals surface area (Å²) in [6, 6.07) is 15.4. The van der Waals surface area contributed by atoms with Crippen LogP contribution in [-0.4, -0.2) is 38.9 Å². The van der Waals surface area contributed by atoms with Gasteiger partial charge < -0.3 is 19.8 Å². The van der Waals surface area contributed by atoms with Crippen LogP contribution in [0, 0.1) is 0 Å². The monoisotopic (exact) mass is 367 g/mol. The molecule has 0 bridgehead atoms. The van der Waals surface area contributed by atoms with Crippen LogP contribution in [0.3, 0.4) is 0 Å². The summed E-state index contributed by atoms with van der Waals surface area (Å²) in [5.41, 5.74) is 2.73. The molecule has 0 aromatic heterocycles. The molecule has 0 unspecified atom stereocenters. The molecule has 1 amide bonds. The van der Waals surface area contributed by atoms with Gasteiger partial charge in [0.1, 0.15) is 5.75 Å². The number of nitrogens with zero attached hydrogens (tertiary/aromatic N) is 2. The van der Waals surface area contributed by atoms with Gasteiger partial charge in [0.2, 0.25) is 0 Å². The maximum atomic E-state index is 12.0. The minimum absolute atomic E-state index is 0.153. The molecule has 0 atom stereocenters. The maximum absolute atomic E-state index is 12.0. The summed E-state index contributed by atoms with van der Waals surface area (Å²) in [6.07, 6.45) is 5.32. The number of methoxy groups -OCH3 is 1. The van der Waals surface area contributed by atoms with Gasteiger partial charge in [-0.05, 0) is 55.7 Å². The van der Waals surface area contributed by atoms with Crippen molar-refractivity contribution in [2.45, 2.75) is 19.3 Å². The zero-order valence-electron chi connectivity index (χ0n) is 15.6. The van der Waals surface area contributed by atoms with E-state index >= 15 is 0 Å². The third-order valence-electron chi connectivity index (χ3n) is 4.47. The Kier molecular flexibility index (Phi) is 6.68. The van der Waals surface area contributed by atoms with Gasteiger partial charge in [-0.2, -0.15) is 0 Å². The first-order valence-corrected chi connectivity index (χ1v) is 9.19. The molecule has 0 radical (unpaired) electrons. The summed E-state index contributed by atoms with van der Waals surface area (Å²) < 4.78 is 5.23. The Morgan fingerprint density at radius 1 is 1.11 bits per heavy atom. The average molecular weight is 367 g/mol. The molecule has 142 valence electrons. The average Bonchev–Trinajstić information content (AvgIpc) is 2.73. The van der Waals surface area contributed by atoms with E-state index in [0.29, 0.717) is 5.75 Å². The van der Waals surface area contributed by atoms with Gasteiger partial charge in [-0.15, -0.1) is 0 Å². The number of carbonyl (C=O) groups excluding carboxylic acids is 1. The van der Waals surface area contributed by atoms with Crippen molar-refractivity contribution >= 4 is 23.5 Å². The number of hydrogen-bond acceptors (Lipinski definition) is 5. The lowest BCUT2D eigenvalue weighted by atomic mass is 10.1. The number of oxime groups is 1. The molecule has 27 heavy (non-hydrogen) atoms. The molecule has 1 aliphatic rings. The van der Waals surface area contributed by atoms with Crippen molar-refractivity contribution < 1.29 is 14.4 Å². The second kappa shape index (κ2) is 9.62. The SMILES string of the molecule is COc1ccccc1/C=N\OCC(=O)Nc1ccc(N2CCCCC2)cc1. The van der Waals surface area contributed by atoms with Crippen LogP contribution in [0.25, 0.3) is 0 Å². The topological polar surface area (TPSA) is 63.2 Å². The van der Waals surface area contributed by atoms with E-state index in [2.05, 4.69) is 15.4 Å². The number of anilines is 2. The number of amides is 1. The third kappa shape index (κ3) is 5.48. The molecule has 6 heteroatoms. The number of hydrogen-bond donors (Lipinski definition) is 1. The van der Waals surface area contributed by atoms with E-state index in [9.17, 15) is 4.79 Å². The first-order valence-electron chi connectivity index (χ1n) is 9.19. The van der Waals surface area contributed by atoms with E-state index in [4.69, 9.17) is 9.57 Å². The summed E-state index contributed by atoms with van der Waals surface area (Å²) in [4.78, 5) is 19.5. The van der Waals surface area contributed by atoms with Crippen LogP contribution in [0.1, 0.15) is 24.8 Å². The molecular weight excluding hydrogens is 342 g/mol. The molecule has 1 aliphatic heterocycles. The van der Waals surface area contributed by atoms with Gasteiger partial charge >= 0.3 is 0 Å². The Morgan fingerprint density at radius 2 is 1.85 bits per heavy atom. The second-order valence-electron chi connectivity index (χ2n) is 6.39. The highest BCUT2D eigenvalue weighted by Gasteiger charge is 2.11. The molecule has 0 saturated carbocycles. The molecular formula is C21H25N3O3. The smallest absolute Gasteiger partial charge is 0.265 e. The van der Waals surface area contributed by atoms with Crippen molar-refractivity contribution in [3.63, 3.8) is 0 Å². The summed E-state index contributed by atoms with van der Waals surface area (Å²) in [6.45, 7) is 2.05. The number of para-hydroxylation sites is 1. The largest absolute Gasteiger partial charge is 0.496 e. The van der Waals surface area contributed by atoms with E-state index in [1.807, 2.05) is 48.5 Å². The summed E-state index contributed by atoms with van der Waals surface area (Å²) in [5, 5.41) is 6.65. The van der Waals surface area contributed by atoms with Crippen molar-refractivity contribution in [2.75, 3.05) is 37.0 Å². The van der Waals surface area contributed by atoms with Crippen LogP contribution in [0.2, 0.25) is 0 Å². The van der Waals surface area contributed by atoms with Gasteiger partial charge in [-0.1, -0.05) is 17.3 Å². The molecule has 1 saturated heterocycles. The molecule has 1 N–H and O–H groups in total. The number of carbonyl (C=O) groups is 1. The fraction of sp³-hybridized carbons (Fsp3) is 0.333. The number of ether oxygens (including phenoxy) is 1. The van der Waals surface area contributed by atoms with Gasteiger partial charge in [0, 0.05) is 30.0 Å². The standard InChI is InChI=1S/C21H25N3O3/c1-26-20-8-4-3-7-17(20)15-22-27-16-21(25)23-18-9-11-19(12-10-18)24-13-5-2-6-14-24/h3-4,7-12,15H,2,5-6,13-14,16H2,1H3,(H,23,25)/b22-15-. The van der Waals surface area contributed by atoms with Gasteiger partial charge in [-0.3, -0.25) is 4.79 Å². The van der Waals surface area contributed by atoms with E-state index in [-0.39, 0.29) is 12.5 Å². The molecule has 2 aromatic carbocycles. The zero-order chi connectivity index (χ0) is 18.9. The molecule has 3 rings (SSSR count). The van der Waals surface area contributed by atoms with Crippen molar-refractivity contribution in [3.8, 4) is 5.75 Å². The zero-order valence-corrected chi connectivity index (χ0v) is 15.6. The van der Waals surface area contributed by atoms with Crippen LogP contribution in [0.5, 0.6) is 5.75 Å². The molecule has 1 heterocycles. The van der Waals surface area contributed by atoms with Gasteiger partial charge in [0.15, 0.2) is 6.61 Å². The lowest BCUT2D eigenvalue weighted by Crippen LogP contribution is -2.29. The normalized spacial score (nSPS) is 14.2. The van der Waals surface area contributed by atoms with Crippen LogP contribution in [-0.2, 0) is 9.63 Å². The molecule has 1 fully saturated rings. The van der Waals surface area contributed by atoms with Gasteiger partial charge in [-0.25, -0.2) is 0 Å². The Bertz CT molecular complexity index is 768. The van der Waals surface area contributed by atoms with Crippen LogP contribution in [0.15, 0.2) is 53.7 Å². The second-order valence-corrected chi connectivity index (χ2v) is 6.39. The molecule has 2 aromatic rings. The predicted octanol–water partition coefficient (Wildman–Crippen LogP) is 3.67. The maximum Gasteiger partial charge on any atom is 0.265 e. The fourth-order valence-corrected chi connectivity index (χ4v) is 3.07. The Balaban J connectivity index is 1.45. The van der Waals surface area contributed by atoms with Crippen molar-refractivity contribution in [1.82, 2.24) is 0 Å².